The molecule has 0 spiro atoms. The molecule has 3 heterocycles. The molecule has 4 nitrogen and oxygen atoms in total. The molecule has 11 rings (SSSR count). The number of imidazole rings is 1. The van der Waals surface area contributed by atoms with Crippen LogP contribution in [0.3, 0.4) is 0 Å². The van der Waals surface area contributed by atoms with Gasteiger partial charge in [-0.1, -0.05) is 130 Å². The van der Waals surface area contributed by atoms with Crippen molar-refractivity contribution >= 4 is 61.4 Å². The van der Waals surface area contributed by atoms with Crippen LogP contribution in [0.25, 0.3) is 94.3 Å². The van der Waals surface area contributed by atoms with Gasteiger partial charge in [0.15, 0.2) is 0 Å². The van der Waals surface area contributed by atoms with E-state index in [9.17, 15) is 0 Å². The zero-order valence-electron chi connectivity index (χ0n) is 48.4. The molecular formula is C67H65GeIrN3O-2. The summed E-state index contributed by atoms with van der Waals surface area (Å²) in [6.45, 7) is 12.7. The van der Waals surface area contributed by atoms with E-state index in [0.29, 0.717) is 16.8 Å². The number of fused-ring (bicyclic) bond motifs is 5. The number of furan rings is 1. The zero-order chi connectivity index (χ0) is 54.8. The Morgan fingerprint density at radius 2 is 1.37 bits per heavy atom. The summed E-state index contributed by atoms with van der Waals surface area (Å²) in [4.78, 5) is 9.90. The maximum atomic E-state index is 8.80. The Kier molecular flexibility index (Phi) is 12.9. The van der Waals surface area contributed by atoms with E-state index in [1.807, 2.05) is 39.1 Å². The number of pyridine rings is 1. The molecule has 0 aliphatic carbocycles. The predicted octanol–water partition coefficient (Wildman–Crippen LogP) is 18.1. The Bertz CT molecular complexity index is 3950. The topological polar surface area (TPSA) is 43.9 Å². The average Bonchev–Trinajstić information content (AvgIpc) is 4.09. The van der Waals surface area contributed by atoms with Crippen LogP contribution >= 0.6 is 0 Å². The van der Waals surface area contributed by atoms with Gasteiger partial charge in [-0.15, -0.1) is 18.2 Å². The van der Waals surface area contributed by atoms with E-state index in [1.54, 1.807) is 12.1 Å². The Labute approximate surface area is 455 Å². The fourth-order valence-corrected chi connectivity index (χ4v) is 12.7. The number of aryl methyl sites for hydroxylation is 1. The summed E-state index contributed by atoms with van der Waals surface area (Å²) in [5, 5.41) is 4.61. The smallest absolute Gasteiger partial charge is 0 e. The fraction of sp³-hybridized carbons (Fsp3) is 0.224. The molecule has 369 valence electrons. The van der Waals surface area contributed by atoms with Crippen LogP contribution < -0.4 is 4.40 Å². The first-order valence-electron chi connectivity index (χ1n) is 27.6. The van der Waals surface area contributed by atoms with Gasteiger partial charge in [-0.05, 0) is 92.4 Å². The minimum absolute atomic E-state index is 0. The van der Waals surface area contributed by atoms with E-state index in [0.717, 1.165) is 54.3 Å². The normalized spacial score (nSPS) is 13.3. The van der Waals surface area contributed by atoms with E-state index < -0.39 is 31.9 Å². The molecule has 73 heavy (non-hydrogen) atoms. The molecule has 0 amide bonds. The predicted molar refractivity (Wildman–Crippen MR) is 309 cm³/mol. The fourth-order valence-electron chi connectivity index (χ4n) is 9.78. The van der Waals surface area contributed by atoms with Crippen LogP contribution in [0.15, 0.2) is 174 Å². The molecule has 11 aromatic rings. The first-order valence-corrected chi connectivity index (χ1v) is 32.4. The van der Waals surface area contributed by atoms with Gasteiger partial charge in [0.2, 0.25) is 0 Å². The average molecular weight is 1200 g/mol. The van der Waals surface area contributed by atoms with Gasteiger partial charge >= 0.3 is 145 Å². The van der Waals surface area contributed by atoms with Crippen LogP contribution in [0.2, 0.25) is 17.3 Å². The van der Waals surface area contributed by atoms with Gasteiger partial charge in [0, 0.05) is 31.2 Å². The molecule has 0 aliphatic heterocycles. The van der Waals surface area contributed by atoms with Gasteiger partial charge < -0.3 is 8.98 Å². The maximum absolute atomic E-state index is 8.80. The zero-order valence-corrected chi connectivity index (χ0v) is 47.9. The van der Waals surface area contributed by atoms with Crippen molar-refractivity contribution in [1.82, 2.24) is 14.5 Å². The molecule has 0 bridgehead atoms. The van der Waals surface area contributed by atoms with Gasteiger partial charge in [0.1, 0.15) is 5.58 Å². The minimum Gasteiger partial charge on any atom is 0 e. The Morgan fingerprint density at radius 3 is 2.05 bits per heavy atom. The van der Waals surface area contributed by atoms with Crippen molar-refractivity contribution in [2.75, 3.05) is 0 Å². The number of nitrogens with zero attached hydrogens (tertiary/aromatic N) is 3. The standard InChI is InChI=1S/C47H37N2O.C20H28GeN.Ir/c1-29(2)40-26-36(31-13-6-5-7-14-31)27-41(30(3)4)45(40)49-43-20-11-10-19-42(43)48-47(49)39-18-12-17-38-37-24-23-35(28-44(37)50-46(38)39)34-22-21-32-15-8-9-16-33(32)25-34;1-15-8-10-16(11-9-15)19-12-17(13-20(2,3)4)18(14-22-19)21(5,6)7;/h5-17,19-30H,1-4H3;8-10,12,14H,13H2,1-7H3;/q2*-1;/i;1D3,13D2;. The van der Waals surface area contributed by atoms with Crippen LogP contribution in [0.5, 0.6) is 0 Å². The first kappa shape index (κ1) is 45.3. The molecular weight excluding hydrogens is 1130 g/mol. The third-order valence-electron chi connectivity index (χ3n) is 13.4. The van der Waals surface area contributed by atoms with Gasteiger partial charge in [-0.3, -0.25) is 4.98 Å². The van der Waals surface area contributed by atoms with E-state index in [-0.39, 0.29) is 37.5 Å². The van der Waals surface area contributed by atoms with Crippen LogP contribution in [-0.2, 0) is 26.5 Å². The van der Waals surface area contributed by atoms with Gasteiger partial charge in [-0.25, -0.2) is 0 Å². The second-order valence-electron chi connectivity index (χ2n) is 21.6. The Morgan fingerprint density at radius 1 is 0.685 bits per heavy atom. The van der Waals surface area contributed by atoms with Crippen molar-refractivity contribution < 1.29 is 31.4 Å². The van der Waals surface area contributed by atoms with Crippen molar-refractivity contribution in [3.63, 3.8) is 0 Å². The number of benzene rings is 8. The molecule has 8 aromatic carbocycles. The van der Waals surface area contributed by atoms with Crippen molar-refractivity contribution in [2.45, 2.75) is 90.8 Å². The molecule has 0 unspecified atom stereocenters. The summed E-state index contributed by atoms with van der Waals surface area (Å²) in [5.74, 6) is 8.09. The van der Waals surface area contributed by atoms with Crippen LogP contribution in [0.4, 0.5) is 0 Å². The number of hydrogen-bond donors (Lipinski definition) is 0. The van der Waals surface area contributed by atoms with Gasteiger partial charge in [0.25, 0.3) is 0 Å². The summed E-state index contributed by atoms with van der Waals surface area (Å²) in [6.07, 6.45) is 0.303. The monoisotopic (exact) mass is 1200 g/mol. The van der Waals surface area contributed by atoms with Crippen LogP contribution in [0, 0.1) is 24.4 Å². The quantitative estimate of drug-likeness (QED) is 0.107. The van der Waals surface area contributed by atoms with E-state index in [1.165, 1.54) is 50.3 Å². The van der Waals surface area contributed by atoms with Crippen molar-refractivity contribution in [3.05, 3.63) is 204 Å². The Hall–Kier alpha value is -6.37. The summed E-state index contributed by atoms with van der Waals surface area (Å²) in [7, 11) is 0. The summed E-state index contributed by atoms with van der Waals surface area (Å²) in [5.41, 5.74) is 14.7. The molecule has 0 fully saturated rings. The summed E-state index contributed by atoms with van der Waals surface area (Å²) >= 11 is -2.36. The summed E-state index contributed by atoms with van der Waals surface area (Å²) in [6, 6.07) is 62.9. The van der Waals surface area contributed by atoms with Crippen molar-refractivity contribution in [1.29, 1.82) is 0 Å². The number of rotatable bonds is 9. The van der Waals surface area contributed by atoms with E-state index >= 15 is 0 Å². The first-order chi connectivity index (χ1) is 36.5. The largest absolute Gasteiger partial charge is 0 e. The molecule has 0 N–H and O–H groups in total. The molecule has 0 saturated heterocycles. The number of hydrogen-bond acceptors (Lipinski definition) is 3. The van der Waals surface area contributed by atoms with Crippen LogP contribution in [0.1, 0.15) is 89.4 Å². The third kappa shape index (κ3) is 10.7. The molecule has 0 saturated carbocycles. The summed E-state index contributed by atoms with van der Waals surface area (Å²) < 4.78 is 50.3. The second kappa shape index (κ2) is 20.9. The number of aromatic nitrogens is 3. The van der Waals surface area contributed by atoms with Gasteiger partial charge in [0.05, 0.1) is 22.4 Å². The molecule has 0 atom stereocenters. The molecule has 1 radical (unpaired) electrons. The van der Waals surface area contributed by atoms with Gasteiger partial charge in [-0.2, -0.15) is 0 Å². The van der Waals surface area contributed by atoms with E-state index in [4.69, 9.17) is 16.3 Å². The molecule has 3 aromatic heterocycles. The minimum atomic E-state index is -2.36. The Balaban J connectivity index is 0.000000225. The van der Waals surface area contributed by atoms with Crippen molar-refractivity contribution in [3.8, 4) is 50.6 Å². The SMILES string of the molecule is CC(C)c1cc(-c2ccccc2)cc(C(C)C)c1-n1c(-c2[c-]ccc3c2oc2cc(-c4ccc5ccccc5c4)ccc23)nc2ccccc21.[2H]C([2H])([2H])c1c[c-]c(-c2cc(C([2H])([2H])C(C)(C)C)[c]([Ge]([CH3])([CH3])[CH3])cn2)cc1.[Ir]. The molecule has 6 heteroatoms. The second-order valence-corrected chi connectivity index (χ2v) is 32.2. The van der Waals surface area contributed by atoms with Crippen LogP contribution in [-0.4, -0.2) is 27.8 Å². The van der Waals surface area contributed by atoms with E-state index in [2.05, 4.69) is 200 Å². The van der Waals surface area contributed by atoms with Crippen molar-refractivity contribution in [2.24, 2.45) is 5.41 Å². The maximum Gasteiger partial charge on any atom is 0 e. The number of para-hydroxylation sites is 2. The third-order valence-corrected chi connectivity index (χ3v) is 17.6. The molecule has 0 aliphatic rings.